The number of carbonyl (C=O) groups is 1. The normalized spacial score (nSPS) is 21.3. The summed E-state index contributed by atoms with van der Waals surface area (Å²) < 4.78 is 1.64. The molecule has 1 saturated carbocycles. The van der Waals surface area contributed by atoms with Crippen molar-refractivity contribution in [3.05, 3.63) is 11.4 Å². The topological polar surface area (TPSA) is 84.4 Å². The van der Waals surface area contributed by atoms with Crippen LogP contribution in [0.3, 0.4) is 0 Å². The molecule has 104 valence electrons. The van der Waals surface area contributed by atoms with Crippen LogP contribution < -0.4 is 5.73 Å². The molecule has 0 aromatic carbocycles. The van der Waals surface area contributed by atoms with E-state index in [2.05, 4.69) is 5.10 Å². The van der Waals surface area contributed by atoms with Crippen molar-refractivity contribution in [3.8, 4) is 0 Å². The number of anilines is 1. The largest absolute Gasteiger partial charge is 0.396 e. The van der Waals surface area contributed by atoms with Crippen molar-refractivity contribution in [3.63, 3.8) is 0 Å². The third-order valence-electron chi connectivity index (χ3n) is 4.34. The number of amides is 1. The van der Waals surface area contributed by atoms with Crippen LogP contribution in [0.5, 0.6) is 0 Å². The summed E-state index contributed by atoms with van der Waals surface area (Å²) in [5.74, 6) is 0.400. The molecule has 2 aliphatic rings. The van der Waals surface area contributed by atoms with Gasteiger partial charge in [0.25, 0.3) is 0 Å². The predicted molar refractivity (Wildman–Crippen MR) is 70.4 cm³/mol. The number of rotatable bonds is 3. The zero-order valence-electron chi connectivity index (χ0n) is 11.4. The monoisotopic (exact) mass is 264 g/mol. The van der Waals surface area contributed by atoms with E-state index in [1.54, 1.807) is 9.58 Å². The molecule has 0 bridgehead atoms. The summed E-state index contributed by atoms with van der Waals surface area (Å²) in [6.45, 7) is 4.82. The Morgan fingerprint density at radius 1 is 1.47 bits per heavy atom. The quantitative estimate of drug-likeness (QED) is 0.809. The first-order chi connectivity index (χ1) is 8.90. The van der Waals surface area contributed by atoms with Crippen molar-refractivity contribution in [1.29, 1.82) is 0 Å². The van der Waals surface area contributed by atoms with Crippen molar-refractivity contribution in [2.24, 2.45) is 5.92 Å². The lowest BCUT2D eigenvalue weighted by atomic mass is 9.89. The number of aryl methyl sites for hydroxylation is 1. The Labute approximate surface area is 112 Å². The lowest BCUT2D eigenvalue weighted by Gasteiger charge is -2.47. The minimum absolute atomic E-state index is 0.00377. The average Bonchev–Trinajstić information content (AvgIpc) is 3.12. The van der Waals surface area contributed by atoms with Crippen molar-refractivity contribution in [2.45, 2.75) is 38.8 Å². The van der Waals surface area contributed by atoms with Gasteiger partial charge in [0.15, 0.2) is 0 Å². The van der Waals surface area contributed by atoms with Gasteiger partial charge < -0.3 is 15.7 Å². The van der Waals surface area contributed by atoms with Gasteiger partial charge in [-0.1, -0.05) is 0 Å². The molecule has 1 aromatic heterocycles. The summed E-state index contributed by atoms with van der Waals surface area (Å²) in [5, 5.41) is 14.5. The van der Waals surface area contributed by atoms with Crippen LogP contribution in [-0.2, 0) is 11.3 Å². The second-order valence-corrected chi connectivity index (χ2v) is 5.87. The van der Waals surface area contributed by atoms with Crippen molar-refractivity contribution < 1.29 is 9.90 Å². The summed E-state index contributed by atoms with van der Waals surface area (Å²) in [6.07, 6.45) is 2.18. The van der Waals surface area contributed by atoms with Crippen molar-refractivity contribution in [2.75, 3.05) is 18.8 Å². The molecule has 2 heterocycles. The van der Waals surface area contributed by atoms with Gasteiger partial charge in [0, 0.05) is 0 Å². The van der Waals surface area contributed by atoms with E-state index in [-0.39, 0.29) is 12.5 Å². The highest BCUT2D eigenvalue weighted by Crippen LogP contribution is 2.44. The van der Waals surface area contributed by atoms with Gasteiger partial charge in [-0.15, -0.1) is 0 Å². The lowest BCUT2D eigenvalue weighted by Crippen LogP contribution is -2.65. The molecule has 3 N–H and O–H groups in total. The first-order valence-electron chi connectivity index (χ1n) is 6.70. The van der Waals surface area contributed by atoms with E-state index in [9.17, 15) is 9.90 Å². The SMILES string of the molecule is Cc1nn(CC(=O)N2CC(O)(C3CC3)C2)c(C)c1N. The number of aliphatic hydroxyl groups is 1. The van der Waals surface area contributed by atoms with Crippen LogP contribution in [0.4, 0.5) is 5.69 Å². The van der Waals surface area contributed by atoms with Crippen LogP contribution in [0.25, 0.3) is 0 Å². The highest BCUT2D eigenvalue weighted by molar-refractivity contribution is 5.77. The van der Waals surface area contributed by atoms with Gasteiger partial charge in [0.2, 0.25) is 5.91 Å². The molecule has 1 amide bonds. The van der Waals surface area contributed by atoms with Gasteiger partial charge in [-0.05, 0) is 32.6 Å². The smallest absolute Gasteiger partial charge is 0.244 e. The van der Waals surface area contributed by atoms with E-state index < -0.39 is 5.60 Å². The number of β-amino-alcohol motifs (C(OH)–C–C–N with tert-alkyl or cyclic N) is 1. The second-order valence-electron chi connectivity index (χ2n) is 5.87. The second kappa shape index (κ2) is 3.96. The fourth-order valence-electron chi connectivity index (χ4n) is 2.76. The molecule has 0 spiro atoms. The molecule has 6 heteroatoms. The highest BCUT2D eigenvalue weighted by atomic mass is 16.3. The van der Waals surface area contributed by atoms with E-state index in [1.165, 1.54) is 0 Å². The molecule has 1 saturated heterocycles. The van der Waals surface area contributed by atoms with E-state index >= 15 is 0 Å². The molecule has 19 heavy (non-hydrogen) atoms. The maximum Gasteiger partial charge on any atom is 0.244 e. The molecule has 2 fully saturated rings. The first-order valence-corrected chi connectivity index (χ1v) is 6.70. The number of nitrogen functional groups attached to an aromatic ring is 1. The Morgan fingerprint density at radius 2 is 2.11 bits per heavy atom. The fraction of sp³-hybridized carbons (Fsp3) is 0.692. The number of hydrogen-bond donors (Lipinski definition) is 2. The molecular formula is C13H20N4O2. The minimum atomic E-state index is -0.621. The molecule has 0 radical (unpaired) electrons. The average molecular weight is 264 g/mol. The third kappa shape index (κ3) is 2.00. The van der Waals surface area contributed by atoms with Gasteiger partial charge >= 0.3 is 0 Å². The van der Waals surface area contributed by atoms with Crippen molar-refractivity contribution in [1.82, 2.24) is 14.7 Å². The van der Waals surface area contributed by atoms with Gasteiger partial charge in [0.05, 0.1) is 30.2 Å². The number of hydrogen-bond acceptors (Lipinski definition) is 4. The number of nitrogens with zero attached hydrogens (tertiary/aromatic N) is 3. The molecule has 1 aliphatic carbocycles. The van der Waals surface area contributed by atoms with Crippen LogP contribution in [0.2, 0.25) is 0 Å². The van der Waals surface area contributed by atoms with Gasteiger partial charge in [0.1, 0.15) is 12.1 Å². The molecule has 1 aliphatic heterocycles. The zero-order valence-corrected chi connectivity index (χ0v) is 11.4. The van der Waals surface area contributed by atoms with Crippen LogP contribution >= 0.6 is 0 Å². The zero-order chi connectivity index (χ0) is 13.8. The molecular weight excluding hydrogens is 244 g/mol. The third-order valence-corrected chi connectivity index (χ3v) is 4.34. The van der Waals surface area contributed by atoms with E-state index in [0.29, 0.717) is 24.7 Å². The number of aromatic nitrogens is 2. The van der Waals surface area contributed by atoms with E-state index in [1.807, 2.05) is 13.8 Å². The number of carbonyl (C=O) groups excluding carboxylic acids is 1. The van der Waals surface area contributed by atoms with Crippen LogP contribution in [0.1, 0.15) is 24.2 Å². The molecule has 1 aromatic rings. The first kappa shape index (κ1) is 12.5. The maximum absolute atomic E-state index is 12.1. The van der Waals surface area contributed by atoms with E-state index in [0.717, 1.165) is 24.2 Å². The van der Waals surface area contributed by atoms with Crippen LogP contribution in [0, 0.1) is 19.8 Å². The summed E-state index contributed by atoms with van der Waals surface area (Å²) in [5.41, 5.74) is 7.44. The Morgan fingerprint density at radius 3 is 2.58 bits per heavy atom. The summed E-state index contributed by atoms with van der Waals surface area (Å²) in [6, 6.07) is 0. The minimum Gasteiger partial charge on any atom is -0.396 e. The molecule has 6 nitrogen and oxygen atoms in total. The summed E-state index contributed by atoms with van der Waals surface area (Å²) >= 11 is 0. The summed E-state index contributed by atoms with van der Waals surface area (Å²) in [4.78, 5) is 13.8. The van der Waals surface area contributed by atoms with Crippen molar-refractivity contribution >= 4 is 11.6 Å². The Kier molecular flexibility index (Phi) is 2.60. The van der Waals surface area contributed by atoms with Crippen LogP contribution in [0.15, 0.2) is 0 Å². The van der Waals surface area contributed by atoms with Crippen LogP contribution in [-0.4, -0.2) is 44.4 Å². The number of nitrogens with two attached hydrogens (primary N) is 1. The van der Waals surface area contributed by atoms with E-state index in [4.69, 9.17) is 5.73 Å². The molecule has 0 unspecified atom stereocenters. The number of likely N-dealkylation sites (tertiary alicyclic amines) is 1. The fourth-order valence-corrected chi connectivity index (χ4v) is 2.76. The Balaban J connectivity index is 1.62. The summed E-state index contributed by atoms with van der Waals surface area (Å²) in [7, 11) is 0. The maximum atomic E-state index is 12.1. The standard InChI is InChI=1S/C13H20N4O2/c1-8-12(14)9(2)17(15-8)5-11(18)16-6-13(19,7-16)10-3-4-10/h10,19H,3-7,14H2,1-2H3. The van der Waals surface area contributed by atoms with Gasteiger partial charge in [-0.25, -0.2) is 0 Å². The Hall–Kier alpha value is -1.56. The lowest BCUT2D eigenvalue weighted by molar-refractivity contribution is -0.160. The van der Waals surface area contributed by atoms with Gasteiger partial charge in [-0.3, -0.25) is 9.48 Å². The predicted octanol–water partition coefficient (Wildman–Crippen LogP) is 0.0654. The Bertz CT molecular complexity index is 527. The molecule has 3 rings (SSSR count). The van der Waals surface area contributed by atoms with Gasteiger partial charge in [-0.2, -0.15) is 5.10 Å². The molecule has 0 atom stereocenters. The highest BCUT2D eigenvalue weighted by Gasteiger charge is 2.53.